The number of fused-ring (bicyclic) bond motifs is 1. The first kappa shape index (κ1) is 9.89. The molecule has 1 aromatic heterocycles. The summed E-state index contributed by atoms with van der Waals surface area (Å²) in [6, 6.07) is 1.98. The Morgan fingerprint density at radius 1 is 1.64 bits per heavy atom. The number of nitrogens with one attached hydrogen (secondary N) is 1. The predicted molar refractivity (Wildman–Crippen MR) is 63.2 cm³/mol. The zero-order valence-corrected chi connectivity index (χ0v) is 10.0. The van der Waals surface area contributed by atoms with Gasteiger partial charge in [0.1, 0.15) is 5.82 Å². The standard InChI is InChI=1S/C10H11IN2O/c1-6-2-3-8(14)13-10-9(6)7(11)4-5-12-10/h4-6H,2-3H2,1H3,(H,12,13,14)/t6-/m1/s1. The van der Waals surface area contributed by atoms with Gasteiger partial charge < -0.3 is 5.32 Å². The van der Waals surface area contributed by atoms with Crippen molar-refractivity contribution in [1.29, 1.82) is 0 Å². The van der Waals surface area contributed by atoms with Crippen LogP contribution >= 0.6 is 22.6 Å². The molecule has 0 spiro atoms. The summed E-state index contributed by atoms with van der Waals surface area (Å²) in [6.45, 7) is 2.14. The average Bonchev–Trinajstić information content (AvgIpc) is 2.27. The SMILES string of the molecule is C[C@@H]1CCC(=O)Nc2nccc(I)c21. The number of anilines is 1. The average molecular weight is 302 g/mol. The first-order valence-electron chi connectivity index (χ1n) is 4.62. The third kappa shape index (κ3) is 1.75. The Labute approximate surface area is 96.4 Å². The van der Waals surface area contributed by atoms with Crippen LogP contribution in [0.3, 0.4) is 0 Å². The Bertz CT molecular complexity index is 378. The van der Waals surface area contributed by atoms with Gasteiger partial charge in [-0.05, 0) is 41.0 Å². The van der Waals surface area contributed by atoms with Gasteiger partial charge in [-0.15, -0.1) is 0 Å². The summed E-state index contributed by atoms with van der Waals surface area (Å²) in [5.41, 5.74) is 1.18. The van der Waals surface area contributed by atoms with Crippen molar-refractivity contribution in [1.82, 2.24) is 4.98 Å². The molecule has 1 aliphatic heterocycles. The second-order valence-corrected chi connectivity index (χ2v) is 4.71. The van der Waals surface area contributed by atoms with Crippen molar-refractivity contribution in [3.8, 4) is 0 Å². The maximum Gasteiger partial charge on any atom is 0.225 e. The summed E-state index contributed by atoms with van der Waals surface area (Å²) in [5.74, 6) is 1.22. The third-order valence-electron chi connectivity index (χ3n) is 2.49. The predicted octanol–water partition coefficient (Wildman–Crippen LogP) is 2.52. The highest BCUT2D eigenvalue weighted by Gasteiger charge is 2.21. The lowest BCUT2D eigenvalue weighted by Gasteiger charge is -2.12. The van der Waals surface area contributed by atoms with Crippen LogP contribution in [0.15, 0.2) is 12.3 Å². The van der Waals surface area contributed by atoms with Gasteiger partial charge in [0.2, 0.25) is 5.91 Å². The molecule has 0 saturated carbocycles. The van der Waals surface area contributed by atoms with Crippen molar-refractivity contribution in [2.45, 2.75) is 25.7 Å². The van der Waals surface area contributed by atoms with Gasteiger partial charge in [0.15, 0.2) is 0 Å². The van der Waals surface area contributed by atoms with Crippen molar-refractivity contribution >= 4 is 34.3 Å². The fraction of sp³-hybridized carbons (Fsp3) is 0.400. The summed E-state index contributed by atoms with van der Waals surface area (Å²) in [5, 5.41) is 2.84. The Kier molecular flexibility index (Phi) is 2.71. The highest BCUT2D eigenvalue weighted by molar-refractivity contribution is 14.1. The molecule has 0 fully saturated rings. The van der Waals surface area contributed by atoms with E-state index in [1.165, 1.54) is 9.13 Å². The summed E-state index contributed by atoms with van der Waals surface area (Å²) in [6.07, 6.45) is 3.23. The molecule has 1 aliphatic rings. The van der Waals surface area contributed by atoms with Crippen molar-refractivity contribution in [2.75, 3.05) is 5.32 Å². The van der Waals surface area contributed by atoms with Gasteiger partial charge in [0, 0.05) is 21.8 Å². The van der Waals surface area contributed by atoms with E-state index in [4.69, 9.17) is 0 Å². The molecular weight excluding hydrogens is 291 g/mol. The van der Waals surface area contributed by atoms with E-state index in [2.05, 4.69) is 39.8 Å². The number of carbonyl (C=O) groups is 1. The monoisotopic (exact) mass is 302 g/mol. The van der Waals surface area contributed by atoms with Crippen LogP contribution in [0.25, 0.3) is 0 Å². The molecule has 3 nitrogen and oxygen atoms in total. The van der Waals surface area contributed by atoms with Crippen LogP contribution in [0, 0.1) is 3.57 Å². The number of carbonyl (C=O) groups excluding carboxylic acids is 1. The van der Waals surface area contributed by atoms with Crippen molar-refractivity contribution < 1.29 is 4.79 Å². The van der Waals surface area contributed by atoms with Crippen LogP contribution < -0.4 is 5.32 Å². The molecule has 0 radical (unpaired) electrons. The minimum atomic E-state index is 0.0742. The molecule has 1 atom stereocenters. The number of hydrogen-bond donors (Lipinski definition) is 1. The van der Waals surface area contributed by atoms with Crippen molar-refractivity contribution in [3.63, 3.8) is 0 Å². The molecule has 1 aromatic rings. The number of halogens is 1. The van der Waals surface area contributed by atoms with Gasteiger partial charge in [-0.3, -0.25) is 4.79 Å². The molecule has 14 heavy (non-hydrogen) atoms. The Hall–Kier alpha value is -0.650. The molecule has 1 amide bonds. The lowest BCUT2D eigenvalue weighted by molar-refractivity contribution is -0.116. The largest absolute Gasteiger partial charge is 0.310 e. The quantitative estimate of drug-likeness (QED) is 0.748. The van der Waals surface area contributed by atoms with E-state index in [1.807, 2.05) is 6.07 Å². The zero-order chi connectivity index (χ0) is 10.1. The highest BCUT2D eigenvalue weighted by Crippen LogP contribution is 2.32. The fourth-order valence-corrected chi connectivity index (χ4v) is 2.65. The topological polar surface area (TPSA) is 42.0 Å². The van der Waals surface area contributed by atoms with Crippen LogP contribution in [0.4, 0.5) is 5.82 Å². The molecule has 74 valence electrons. The van der Waals surface area contributed by atoms with E-state index in [9.17, 15) is 4.79 Å². The second-order valence-electron chi connectivity index (χ2n) is 3.54. The van der Waals surface area contributed by atoms with Crippen LogP contribution in [-0.4, -0.2) is 10.9 Å². The Morgan fingerprint density at radius 3 is 3.21 bits per heavy atom. The lowest BCUT2D eigenvalue weighted by atomic mass is 9.98. The van der Waals surface area contributed by atoms with Gasteiger partial charge in [-0.2, -0.15) is 0 Å². The number of aromatic nitrogens is 1. The van der Waals surface area contributed by atoms with Gasteiger partial charge in [0.05, 0.1) is 0 Å². The van der Waals surface area contributed by atoms with Crippen molar-refractivity contribution in [2.24, 2.45) is 0 Å². The van der Waals surface area contributed by atoms with E-state index in [0.717, 1.165) is 12.2 Å². The van der Waals surface area contributed by atoms with E-state index in [0.29, 0.717) is 12.3 Å². The minimum Gasteiger partial charge on any atom is -0.310 e. The molecule has 0 aliphatic carbocycles. The maximum absolute atomic E-state index is 11.3. The second kappa shape index (κ2) is 3.84. The smallest absolute Gasteiger partial charge is 0.225 e. The van der Waals surface area contributed by atoms with E-state index >= 15 is 0 Å². The molecule has 0 saturated heterocycles. The number of pyridine rings is 1. The molecule has 1 N–H and O–H groups in total. The molecule has 0 aromatic carbocycles. The first-order valence-corrected chi connectivity index (χ1v) is 5.70. The van der Waals surface area contributed by atoms with Crippen LogP contribution in [-0.2, 0) is 4.79 Å². The first-order chi connectivity index (χ1) is 6.68. The van der Waals surface area contributed by atoms with Gasteiger partial charge >= 0.3 is 0 Å². The molecule has 0 bridgehead atoms. The van der Waals surface area contributed by atoms with Gasteiger partial charge in [0.25, 0.3) is 0 Å². The number of amides is 1. The number of hydrogen-bond acceptors (Lipinski definition) is 2. The molecule has 0 unspecified atom stereocenters. The van der Waals surface area contributed by atoms with Crippen LogP contribution in [0.2, 0.25) is 0 Å². The van der Waals surface area contributed by atoms with Crippen LogP contribution in [0.1, 0.15) is 31.2 Å². The molecular formula is C10H11IN2O. The number of rotatable bonds is 0. The molecule has 2 heterocycles. The van der Waals surface area contributed by atoms with E-state index in [-0.39, 0.29) is 5.91 Å². The summed E-state index contributed by atoms with van der Waals surface area (Å²) >= 11 is 2.29. The van der Waals surface area contributed by atoms with E-state index in [1.54, 1.807) is 6.20 Å². The van der Waals surface area contributed by atoms with E-state index < -0.39 is 0 Å². The summed E-state index contributed by atoms with van der Waals surface area (Å²) < 4.78 is 1.18. The summed E-state index contributed by atoms with van der Waals surface area (Å²) in [7, 11) is 0. The Balaban J connectivity index is 2.52. The van der Waals surface area contributed by atoms with Gasteiger partial charge in [-0.1, -0.05) is 6.92 Å². The lowest BCUT2D eigenvalue weighted by Crippen LogP contribution is -2.10. The molecule has 2 rings (SSSR count). The normalized spacial score (nSPS) is 21.0. The minimum absolute atomic E-state index is 0.0742. The molecule has 4 heteroatoms. The Morgan fingerprint density at radius 2 is 2.43 bits per heavy atom. The van der Waals surface area contributed by atoms with Crippen LogP contribution in [0.5, 0.6) is 0 Å². The fourth-order valence-electron chi connectivity index (χ4n) is 1.70. The zero-order valence-electron chi connectivity index (χ0n) is 7.88. The van der Waals surface area contributed by atoms with Gasteiger partial charge in [-0.25, -0.2) is 4.98 Å². The maximum atomic E-state index is 11.3. The number of nitrogens with zero attached hydrogens (tertiary/aromatic N) is 1. The highest BCUT2D eigenvalue weighted by atomic mass is 127. The third-order valence-corrected chi connectivity index (χ3v) is 3.43. The van der Waals surface area contributed by atoms with Crippen molar-refractivity contribution in [3.05, 3.63) is 21.4 Å². The summed E-state index contributed by atoms with van der Waals surface area (Å²) in [4.78, 5) is 15.6.